The van der Waals surface area contributed by atoms with Crippen molar-refractivity contribution in [3.05, 3.63) is 71.0 Å². The van der Waals surface area contributed by atoms with Crippen molar-refractivity contribution < 1.29 is 18.3 Å². The van der Waals surface area contributed by atoms with Crippen LogP contribution in [0.25, 0.3) is 0 Å². The van der Waals surface area contributed by atoms with Crippen molar-refractivity contribution in [2.45, 2.75) is 25.6 Å². The summed E-state index contributed by atoms with van der Waals surface area (Å²) in [5.41, 5.74) is 1.63. The lowest BCUT2D eigenvalue weighted by molar-refractivity contribution is 0.0498. The van der Waals surface area contributed by atoms with Crippen molar-refractivity contribution in [3.63, 3.8) is 0 Å². The Labute approximate surface area is 151 Å². The molecule has 1 saturated heterocycles. The summed E-state index contributed by atoms with van der Waals surface area (Å²) >= 11 is 0. The first-order chi connectivity index (χ1) is 12.5. The lowest BCUT2D eigenvalue weighted by Gasteiger charge is -2.41. The van der Waals surface area contributed by atoms with Crippen molar-refractivity contribution in [1.82, 2.24) is 9.80 Å². The van der Waals surface area contributed by atoms with Crippen LogP contribution in [0.1, 0.15) is 17.5 Å². The maximum atomic E-state index is 13.4. The van der Waals surface area contributed by atoms with Gasteiger partial charge in [0.05, 0.1) is 0 Å². The van der Waals surface area contributed by atoms with Crippen LogP contribution >= 0.6 is 0 Å². The van der Waals surface area contributed by atoms with Crippen molar-refractivity contribution in [3.8, 4) is 0 Å². The highest BCUT2D eigenvalue weighted by molar-refractivity contribution is 5.18. The molecule has 0 spiro atoms. The second-order valence-electron chi connectivity index (χ2n) is 6.75. The minimum atomic E-state index is -0.847. The van der Waals surface area contributed by atoms with Gasteiger partial charge >= 0.3 is 0 Å². The highest BCUT2D eigenvalue weighted by atomic mass is 19.2. The van der Waals surface area contributed by atoms with Gasteiger partial charge in [0.2, 0.25) is 0 Å². The summed E-state index contributed by atoms with van der Waals surface area (Å²) in [6, 6.07) is 10.6. The molecule has 0 bridgehead atoms. The molecule has 26 heavy (non-hydrogen) atoms. The molecular weight excluding hydrogens is 341 g/mol. The quantitative estimate of drug-likeness (QED) is 0.853. The molecule has 1 atom stereocenters. The van der Waals surface area contributed by atoms with Gasteiger partial charge in [-0.2, -0.15) is 0 Å². The Morgan fingerprint density at radius 3 is 2.46 bits per heavy atom. The number of nitrogens with zero attached hydrogens (tertiary/aromatic N) is 2. The lowest BCUT2D eigenvalue weighted by atomic mass is 10.1. The van der Waals surface area contributed by atoms with Crippen LogP contribution < -0.4 is 0 Å². The molecule has 140 valence electrons. The zero-order valence-electron chi connectivity index (χ0n) is 14.5. The fraction of sp³-hybridized carbons (Fsp3) is 0.400. The van der Waals surface area contributed by atoms with Gasteiger partial charge in [0.1, 0.15) is 5.82 Å². The van der Waals surface area contributed by atoms with E-state index in [9.17, 15) is 18.3 Å². The number of benzene rings is 2. The van der Waals surface area contributed by atoms with Crippen LogP contribution in [0.15, 0.2) is 42.5 Å². The zero-order chi connectivity index (χ0) is 18.5. The van der Waals surface area contributed by atoms with Crippen LogP contribution in [0, 0.1) is 17.5 Å². The van der Waals surface area contributed by atoms with Gasteiger partial charge in [-0.15, -0.1) is 0 Å². The predicted octanol–water partition coefficient (Wildman–Crippen LogP) is 3.17. The molecule has 2 aromatic carbocycles. The molecule has 0 aromatic heterocycles. The van der Waals surface area contributed by atoms with Crippen molar-refractivity contribution in [2.75, 3.05) is 26.2 Å². The molecule has 1 aliphatic rings. The predicted molar refractivity (Wildman–Crippen MR) is 93.9 cm³/mol. The van der Waals surface area contributed by atoms with Gasteiger partial charge in [-0.3, -0.25) is 9.80 Å². The molecule has 6 heteroatoms. The second kappa shape index (κ2) is 8.66. The van der Waals surface area contributed by atoms with Crippen LogP contribution in [0.5, 0.6) is 0 Å². The van der Waals surface area contributed by atoms with E-state index in [1.54, 1.807) is 12.1 Å². The smallest absolute Gasteiger partial charge is 0.159 e. The largest absolute Gasteiger partial charge is 0.396 e. The van der Waals surface area contributed by atoms with E-state index in [0.717, 1.165) is 31.3 Å². The third-order valence-electron chi connectivity index (χ3n) is 4.82. The summed E-state index contributed by atoms with van der Waals surface area (Å²) in [6.45, 7) is 3.50. The van der Waals surface area contributed by atoms with E-state index in [0.29, 0.717) is 25.1 Å². The van der Waals surface area contributed by atoms with E-state index in [1.165, 1.54) is 18.2 Å². The maximum Gasteiger partial charge on any atom is 0.159 e. The highest BCUT2D eigenvalue weighted by Gasteiger charge is 2.26. The maximum absolute atomic E-state index is 13.4. The van der Waals surface area contributed by atoms with E-state index in [1.807, 2.05) is 6.07 Å². The zero-order valence-corrected chi connectivity index (χ0v) is 14.5. The number of hydrogen-bond donors (Lipinski definition) is 1. The molecule has 3 rings (SSSR count). The molecule has 1 heterocycles. The Kier molecular flexibility index (Phi) is 6.29. The Balaban J connectivity index is 1.64. The van der Waals surface area contributed by atoms with Crippen molar-refractivity contribution >= 4 is 0 Å². The Morgan fingerprint density at radius 2 is 1.73 bits per heavy atom. The van der Waals surface area contributed by atoms with Gasteiger partial charge in [-0.05, 0) is 41.8 Å². The van der Waals surface area contributed by atoms with Gasteiger partial charge in [0, 0.05) is 45.4 Å². The summed E-state index contributed by atoms with van der Waals surface area (Å²) in [5.74, 6) is -1.93. The summed E-state index contributed by atoms with van der Waals surface area (Å²) in [6.07, 6.45) is 0.601. The lowest BCUT2D eigenvalue weighted by Crippen LogP contribution is -2.52. The fourth-order valence-electron chi connectivity index (χ4n) is 3.50. The van der Waals surface area contributed by atoms with Crippen LogP contribution in [0.4, 0.5) is 13.2 Å². The number of rotatable bonds is 6. The first kappa shape index (κ1) is 18.9. The first-order valence-electron chi connectivity index (χ1n) is 8.81. The molecule has 0 amide bonds. The minimum absolute atomic E-state index is 0.0623. The fourth-order valence-corrected chi connectivity index (χ4v) is 3.50. The Hall–Kier alpha value is -1.89. The summed E-state index contributed by atoms with van der Waals surface area (Å²) in [5, 5.41) is 9.39. The van der Waals surface area contributed by atoms with Gasteiger partial charge in [-0.25, -0.2) is 13.2 Å². The molecule has 3 nitrogen and oxygen atoms in total. The summed E-state index contributed by atoms with van der Waals surface area (Å²) < 4.78 is 39.9. The number of hydrogen-bond acceptors (Lipinski definition) is 3. The van der Waals surface area contributed by atoms with Crippen LogP contribution in [0.3, 0.4) is 0 Å². The van der Waals surface area contributed by atoms with E-state index >= 15 is 0 Å². The Morgan fingerprint density at radius 1 is 0.923 bits per heavy atom. The van der Waals surface area contributed by atoms with E-state index in [2.05, 4.69) is 9.80 Å². The molecule has 0 radical (unpaired) electrons. The molecule has 2 aromatic rings. The Bertz CT molecular complexity index is 741. The summed E-state index contributed by atoms with van der Waals surface area (Å²) in [4.78, 5) is 4.42. The third-order valence-corrected chi connectivity index (χ3v) is 4.82. The SMILES string of the molecule is OCC[C@H]1CN(Cc2cccc(F)c2)CCN1Cc1ccc(F)c(F)c1. The van der Waals surface area contributed by atoms with Gasteiger partial charge in [0.15, 0.2) is 11.6 Å². The average molecular weight is 364 g/mol. The van der Waals surface area contributed by atoms with Crippen LogP contribution in [-0.2, 0) is 13.1 Å². The molecule has 1 N–H and O–H groups in total. The number of halogens is 3. The van der Waals surface area contributed by atoms with Crippen molar-refractivity contribution in [2.24, 2.45) is 0 Å². The molecule has 1 fully saturated rings. The van der Waals surface area contributed by atoms with Crippen LogP contribution in [-0.4, -0.2) is 47.2 Å². The standard InChI is InChI=1S/C20H23F3N2O/c21-17-3-1-2-15(10-17)12-24-7-8-25(18(14-24)6-9-26)13-16-4-5-19(22)20(23)11-16/h1-5,10-11,18,26H,6-9,12-14H2/t18-/m0/s1. The van der Waals surface area contributed by atoms with Crippen molar-refractivity contribution in [1.29, 1.82) is 0 Å². The van der Waals surface area contributed by atoms with Gasteiger partial charge < -0.3 is 5.11 Å². The number of piperazine rings is 1. The van der Waals surface area contributed by atoms with Crippen LogP contribution in [0.2, 0.25) is 0 Å². The molecule has 1 aliphatic heterocycles. The number of aliphatic hydroxyl groups excluding tert-OH is 1. The molecule has 0 unspecified atom stereocenters. The van der Waals surface area contributed by atoms with Gasteiger partial charge in [0.25, 0.3) is 0 Å². The van der Waals surface area contributed by atoms with E-state index in [-0.39, 0.29) is 18.5 Å². The summed E-state index contributed by atoms with van der Waals surface area (Å²) in [7, 11) is 0. The molecule has 0 saturated carbocycles. The highest BCUT2D eigenvalue weighted by Crippen LogP contribution is 2.19. The van der Waals surface area contributed by atoms with E-state index in [4.69, 9.17) is 0 Å². The third kappa shape index (κ3) is 4.84. The number of aliphatic hydroxyl groups is 1. The monoisotopic (exact) mass is 364 g/mol. The topological polar surface area (TPSA) is 26.7 Å². The molecule has 0 aliphatic carbocycles. The average Bonchev–Trinajstić information content (AvgIpc) is 2.61. The minimum Gasteiger partial charge on any atom is -0.396 e. The normalized spacial score (nSPS) is 19.0. The second-order valence-corrected chi connectivity index (χ2v) is 6.75. The van der Waals surface area contributed by atoms with E-state index < -0.39 is 11.6 Å². The molecular formula is C20H23F3N2O. The first-order valence-corrected chi connectivity index (χ1v) is 8.81. The van der Waals surface area contributed by atoms with Gasteiger partial charge in [-0.1, -0.05) is 18.2 Å².